The van der Waals surface area contributed by atoms with E-state index in [4.69, 9.17) is 27.9 Å². The molecule has 0 radical (unpaired) electrons. The van der Waals surface area contributed by atoms with Crippen molar-refractivity contribution in [2.24, 2.45) is 5.92 Å². The van der Waals surface area contributed by atoms with E-state index in [9.17, 15) is 4.79 Å². The molecule has 0 saturated heterocycles. The zero-order valence-electron chi connectivity index (χ0n) is 10.2. The van der Waals surface area contributed by atoms with E-state index in [1.165, 1.54) is 0 Å². The van der Waals surface area contributed by atoms with Crippen LogP contribution in [-0.4, -0.2) is 19.0 Å². The van der Waals surface area contributed by atoms with Crippen molar-refractivity contribution in [1.82, 2.24) is 0 Å². The number of halogens is 2. The van der Waals surface area contributed by atoms with Crippen LogP contribution in [0.4, 0.5) is 0 Å². The molecular weight excluding hydrogens is 259 g/mol. The van der Waals surface area contributed by atoms with Crippen LogP contribution in [0.3, 0.4) is 0 Å². The summed E-state index contributed by atoms with van der Waals surface area (Å²) in [6.07, 6.45) is -0.152. The molecule has 0 N–H and O–H groups in total. The molecule has 0 amide bonds. The van der Waals surface area contributed by atoms with Gasteiger partial charge >= 0.3 is 0 Å². The lowest BCUT2D eigenvalue weighted by Gasteiger charge is -2.18. The summed E-state index contributed by atoms with van der Waals surface area (Å²) in [5.74, 6) is 0.164. The fourth-order valence-electron chi connectivity index (χ4n) is 1.74. The van der Waals surface area contributed by atoms with E-state index in [1.54, 1.807) is 25.3 Å². The lowest BCUT2D eigenvalue weighted by molar-refractivity contribution is -0.130. The highest BCUT2D eigenvalue weighted by molar-refractivity contribution is 6.33. The smallest absolute Gasteiger partial charge is 0.166 e. The normalized spacial score (nSPS) is 12.8. The molecule has 0 fully saturated rings. The number of hydrogen-bond acceptors (Lipinski definition) is 2. The molecular formula is C13H16Cl2O2. The first kappa shape index (κ1) is 14.5. The average Bonchev–Trinajstić information content (AvgIpc) is 2.24. The molecule has 0 aliphatic heterocycles. The summed E-state index contributed by atoms with van der Waals surface area (Å²) in [5.41, 5.74) is 0.742. The highest BCUT2D eigenvalue weighted by atomic mass is 35.5. The second-order valence-electron chi connectivity index (χ2n) is 4.28. The predicted molar refractivity (Wildman–Crippen MR) is 70.8 cm³/mol. The van der Waals surface area contributed by atoms with E-state index in [1.807, 2.05) is 13.8 Å². The van der Waals surface area contributed by atoms with Gasteiger partial charge in [0.05, 0.1) is 0 Å². The van der Waals surface area contributed by atoms with Crippen LogP contribution >= 0.6 is 23.2 Å². The second kappa shape index (κ2) is 6.39. The second-order valence-corrected chi connectivity index (χ2v) is 5.12. The van der Waals surface area contributed by atoms with Gasteiger partial charge in [0.15, 0.2) is 5.78 Å². The Morgan fingerprint density at radius 2 is 2.00 bits per heavy atom. The lowest BCUT2D eigenvalue weighted by Crippen LogP contribution is -2.29. The van der Waals surface area contributed by atoms with Gasteiger partial charge in [-0.1, -0.05) is 37.0 Å². The number of Topliss-reactive ketones (excluding diaryl/α,β-unsaturated/α-hetero) is 1. The Hall–Kier alpha value is -0.570. The van der Waals surface area contributed by atoms with Crippen LogP contribution in [0, 0.1) is 5.92 Å². The Labute approximate surface area is 112 Å². The van der Waals surface area contributed by atoms with Crippen molar-refractivity contribution in [1.29, 1.82) is 0 Å². The van der Waals surface area contributed by atoms with E-state index in [-0.39, 0.29) is 18.1 Å². The van der Waals surface area contributed by atoms with E-state index < -0.39 is 6.10 Å². The van der Waals surface area contributed by atoms with Crippen LogP contribution in [-0.2, 0) is 16.0 Å². The maximum Gasteiger partial charge on any atom is 0.166 e. The maximum atomic E-state index is 12.0. The molecule has 0 aliphatic carbocycles. The Morgan fingerprint density at radius 3 is 2.53 bits per heavy atom. The topological polar surface area (TPSA) is 26.3 Å². The minimum atomic E-state index is -0.398. The first-order chi connectivity index (χ1) is 7.95. The van der Waals surface area contributed by atoms with E-state index in [2.05, 4.69) is 0 Å². The molecule has 1 rings (SSSR count). The average molecular weight is 275 g/mol. The summed E-state index contributed by atoms with van der Waals surface area (Å²) in [7, 11) is 1.54. The van der Waals surface area contributed by atoms with Crippen LogP contribution in [0.1, 0.15) is 19.4 Å². The summed E-state index contributed by atoms with van der Waals surface area (Å²) in [4.78, 5) is 12.0. The van der Waals surface area contributed by atoms with E-state index >= 15 is 0 Å². The van der Waals surface area contributed by atoms with E-state index in [0.717, 1.165) is 5.56 Å². The Bertz CT molecular complexity index is 402. The van der Waals surface area contributed by atoms with Gasteiger partial charge < -0.3 is 4.74 Å². The number of methoxy groups -OCH3 is 1. The Balaban J connectivity index is 2.83. The highest BCUT2D eigenvalue weighted by Crippen LogP contribution is 2.22. The SMILES string of the molecule is COC(C(=O)Cc1cc(Cl)ccc1Cl)C(C)C. The summed E-state index contributed by atoms with van der Waals surface area (Å²) < 4.78 is 5.19. The van der Waals surface area contributed by atoms with E-state index in [0.29, 0.717) is 10.0 Å². The molecule has 1 unspecified atom stereocenters. The third-order valence-electron chi connectivity index (χ3n) is 2.55. The van der Waals surface area contributed by atoms with Crippen molar-refractivity contribution in [2.45, 2.75) is 26.4 Å². The number of benzene rings is 1. The van der Waals surface area contributed by atoms with Crippen molar-refractivity contribution in [3.63, 3.8) is 0 Å². The number of ether oxygens (including phenoxy) is 1. The molecule has 0 saturated carbocycles. The van der Waals surface area contributed by atoms with Gasteiger partial charge in [-0.15, -0.1) is 0 Å². The highest BCUT2D eigenvalue weighted by Gasteiger charge is 2.22. The van der Waals surface area contributed by atoms with Crippen LogP contribution < -0.4 is 0 Å². The zero-order valence-corrected chi connectivity index (χ0v) is 11.7. The summed E-state index contributed by atoms with van der Waals surface area (Å²) in [5, 5.41) is 1.14. The number of hydrogen-bond donors (Lipinski definition) is 0. The minimum absolute atomic E-state index is 0.0201. The fraction of sp³-hybridized carbons (Fsp3) is 0.462. The van der Waals surface area contributed by atoms with Crippen LogP contribution in [0.25, 0.3) is 0 Å². The van der Waals surface area contributed by atoms with Crippen molar-refractivity contribution in [2.75, 3.05) is 7.11 Å². The summed E-state index contributed by atoms with van der Waals surface area (Å²) in [6.45, 7) is 3.90. The number of carbonyl (C=O) groups excluding carboxylic acids is 1. The van der Waals surface area contributed by atoms with Gasteiger partial charge in [-0.25, -0.2) is 0 Å². The molecule has 2 nitrogen and oxygen atoms in total. The Kier molecular flexibility index (Phi) is 5.44. The van der Waals surface area contributed by atoms with Crippen molar-refractivity contribution >= 4 is 29.0 Å². The monoisotopic (exact) mass is 274 g/mol. The molecule has 1 atom stereocenters. The molecule has 0 aliphatic rings. The largest absolute Gasteiger partial charge is 0.373 e. The third kappa shape index (κ3) is 3.98. The molecule has 0 spiro atoms. The zero-order chi connectivity index (χ0) is 13.0. The van der Waals surface area contributed by atoms with Gasteiger partial charge in [0.1, 0.15) is 6.10 Å². The van der Waals surface area contributed by atoms with Crippen molar-refractivity contribution in [3.8, 4) is 0 Å². The predicted octanol–water partition coefficient (Wildman–Crippen LogP) is 3.78. The van der Waals surface area contributed by atoms with Crippen LogP contribution in [0.5, 0.6) is 0 Å². The molecule has 1 aromatic carbocycles. The van der Waals surface area contributed by atoms with Gasteiger partial charge in [-0.05, 0) is 29.7 Å². The third-order valence-corrected chi connectivity index (χ3v) is 3.15. The first-order valence-electron chi connectivity index (χ1n) is 5.45. The summed E-state index contributed by atoms with van der Waals surface area (Å²) in [6, 6.07) is 5.12. The van der Waals surface area contributed by atoms with Gasteiger partial charge in [-0.2, -0.15) is 0 Å². The standard InChI is InChI=1S/C13H16Cl2O2/c1-8(2)13(17-3)12(16)7-9-6-10(14)4-5-11(9)15/h4-6,8,13H,7H2,1-3H3. The lowest BCUT2D eigenvalue weighted by atomic mass is 9.98. The quantitative estimate of drug-likeness (QED) is 0.817. The van der Waals surface area contributed by atoms with Crippen molar-refractivity contribution in [3.05, 3.63) is 33.8 Å². The van der Waals surface area contributed by atoms with Gasteiger partial charge in [0.25, 0.3) is 0 Å². The fourth-order valence-corrected chi connectivity index (χ4v) is 2.12. The number of carbonyl (C=O) groups is 1. The van der Waals surface area contributed by atoms with Gasteiger partial charge in [-0.3, -0.25) is 4.79 Å². The summed E-state index contributed by atoms with van der Waals surface area (Å²) >= 11 is 11.9. The molecule has 4 heteroatoms. The molecule has 0 aromatic heterocycles. The van der Waals surface area contributed by atoms with Crippen LogP contribution in [0.15, 0.2) is 18.2 Å². The molecule has 1 aromatic rings. The first-order valence-corrected chi connectivity index (χ1v) is 6.20. The molecule has 17 heavy (non-hydrogen) atoms. The van der Waals surface area contributed by atoms with Gasteiger partial charge in [0.2, 0.25) is 0 Å². The Morgan fingerprint density at radius 1 is 1.35 bits per heavy atom. The molecule has 94 valence electrons. The number of ketones is 1. The molecule has 0 heterocycles. The number of rotatable bonds is 5. The van der Waals surface area contributed by atoms with Gasteiger partial charge in [0, 0.05) is 23.6 Å². The molecule has 0 bridgehead atoms. The minimum Gasteiger partial charge on any atom is -0.373 e. The van der Waals surface area contributed by atoms with Crippen molar-refractivity contribution < 1.29 is 9.53 Å². The maximum absolute atomic E-state index is 12.0. The van der Waals surface area contributed by atoms with Crippen LogP contribution in [0.2, 0.25) is 10.0 Å².